The highest BCUT2D eigenvalue weighted by atomic mass is 35.5. The van der Waals surface area contributed by atoms with E-state index in [1.165, 1.54) is 0 Å². The molecule has 0 spiro atoms. The Hall–Kier alpha value is -1.85. The summed E-state index contributed by atoms with van der Waals surface area (Å²) in [7, 11) is 0. The molecule has 0 unspecified atom stereocenters. The van der Waals surface area contributed by atoms with Gasteiger partial charge in [-0.15, -0.1) is 0 Å². The van der Waals surface area contributed by atoms with Crippen LogP contribution in [0.1, 0.15) is 30.6 Å². The van der Waals surface area contributed by atoms with Gasteiger partial charge >= 0.3 is 0 Å². The summed E-state index contributed by atoms with van der Waals surface area (Å²) in [6.07, 6.45) is 2.74. The van der Waals surface area contributed by atoms with E-state index in [2.05, 4.69) is 24.1 Å². The van der Waals surface area contributed by atoms with E-state index >= 15 is 0 Å². The van der Waals surface area contributed by atoms with E-state index in [1.54, 1.807) is 23.8 Å². The van der Waals surface area contributed by atoms with Gasteiger partial charge in [0.05, 0.1) is 16.1 Å². The predicted octanol–water partition coefficient (Wildman–Crippen LogP) is 3.47. The third-order valence-electron chi connectivity index (χ3n) is 3.21. The highest BCUT2D eigenvalue weighted by Crippen LogP contribution is 2.28. The average Bonchev–Trinajstić information content (AvgIpc) is 2.45. The van der Waals surface area contributed by atoms with E-state index < -0.39 is 5.91 Å². The first-order valence-corrected chi connectivity index (χ1v) is 7.17. The summed E-state index contributed by atoms with van der Waals surface area (Å²) in [5.41, 5.74) is 3.41. The third-order valence-corrected chi connectivity index (χ3v) is 3.53. The van der Waals surface area contributed by atoms with Gasteiger partial charge in [0, 0.05) is 23.8 Å². The van der Waals surface area contributed by atoms with Gasteiger partial charge in [-0.2, -0.15) is 0 Å². The molecule has 6 heteroatoms. The first-order valence-electron chi connectivity index (χ1n) is 6.79. The summed E-state index contributed by atoms with van der Waals surface area (Å²) < 4.78 is 0. The fourth-order valence-electron chi connectivity index (χ4n) is 2.05. The minimum Gasteiger partial charge on any atom is -0.384 e. The Morgan fingerprint density at radius 1 is 1.43 bits per heavy atom. The van der Waals surface area contributed by atoms with Crippen LogP contribution in [0.5, 0.6) is 0 Å². The lowest BCUT2D eigenvalue weighted by Crippen LogP contribution is -2.19. The van der Waals surface area contributed by atoms with Crippen LogP contribution in [0.3, 0.4) is 0 Å². The molecule has 3 N–H and O–H groups in total. The smallest absolute Gasteiger partial charge is 0.276 e. The number of rotatable bonds is 5. The molecule has 0 aliphatic carbocycles. The SMILES string of the molecule is CC(C)CCNc1ccnc2cc(Cl)c(C(=O)NO)cc12. The van der Waals surface area contributed by atoms with Crippen molar-refractivity contribution >= 4 is 34.1 Å². The summed E-state index contributed by atoms with van der Waals surface area (Å²) in [5, 5.41) is 13.2. The third kappa shape index (κ3) is 3.62. The molecule has 0 aliphatic heterocycles. The first-order chi connectivity index (χ1) is 10.0. The van der Waals surface area contributed by atoms with Crippen LogP contribution in [0.15, 0.2) is 24.4 Å². The number of carbonyl (C=O) groups is 1. The van der Waals surface area contributed by atoms with Gasteiger partial charge in [-0.25, -0.2) is 5.48 Å². The molecular weight excluding hydrogens is 290 g/mol. The van der Waals surface area contributed by atoms with Crippen LogP contribution in [0.2, 0.25) is 5.02 Å². The molecule has 0 bridgehead atoms. The second kappa shape index (κ2) is 6.74. The molecule has 0 saturated carbocycles. The fourth-order valence-corrected chi connectivity index (χ4v) is 2.29. The van der Waals surface area contributed by atoms with Gasteiger partial charge in [-0.05, 0) is 30.5 Å². The molecule has 5 nitrogen and oxygen atoms in total. The minimum atomic E-state index is -0.640. The number of fused-ring (bicyclic) bond motifs is 1. The van der Waals surface area contributed by atoms with E-state index in [-0.39, 0.29) is 10.6 Å². The largest absolute Gasteiger partial charge is 0.384 e. The maximum atomic E-state index is 11.6. The molecule has 1 aromatic heterocycles. The maximum Gasteiger partial charge on any atom is 0.276 e. The van der Waals surface area contributed by atoms with Crippen molar-refractivity contribution in [3.8, 4) is 0 Å². The molecule has 21 heavy (non-hydrogen) atoms. The lowest BCUT2D eigenvalue weighted by molar-refractivity contribution is 0.0706. The Labute approximate surface area is 128 Å². The van der Waals surface area contributed by atoms with Crippen LogP contribution < -0.4 is 10.8 Å². The molecular formula is C15H18ClN3O2. The van der Waals surface area contributed by atoms with Crippen molar-refractivity contribution in [3.05, 3.63) is 35.0 Å². The lowest BCUT2D eigenvalue weighted by atomic mass is 10.1. The van der Waals surface area contributed by atoms with Gasteiger partial charge in [0.2, 0.25) is 0 Å². The van der Waals surface area contributed by atoms with E-state index in [0.717, 1.165) is 24.0 Å². The number of aromatic nitrogens is 1. The van der Waals surface area contributed by atoms with Crippen LogP contribution in [0, 0.1) is 5.92 Å². The average molecular weight is 308 g/mol. The standard InChI is InChI=1S/C15H18ClN3O2/c1-9(2)3-5-17-13-4-6-18-14-8-12(16)10(7-11(13)14)15(20)19-21/h4,6-9,21H,3,5H2,1-2H3,(H,17,18)(H,19,20). The van der Waals surface area contributed by atoms with Crippen molar-refractivity contribution in [1.82, 2.24) is 10.5 Å². The Kier molecular flexibility index (Phi) is 4.98. The Balaban J connectivity index is 2.39. The van der Waals surface area contributed by atoms with Gasteiger partial charge in [0.25, 0.3) is 5.91 Å². The van der Waals surface area contributed by atoms with Crippen molar-refractivity contribution in [3.63, 3.8) is 0 Å². The lowest BCUT2D eigenvalue weighted by Gasteiger charge is -2.12. The predicted molar refractivity (Wildman–Crippen MR) is 84.0 cm³/mol. The van der Waals surface area contributed by atoms with E-state index in [4.69, 9.17) is 16.8 Å². The van der Waals surface area contributed by atoms with Crippen molar-refractivity contribution in [2.75, 3.05) is 11.9 Å². The van der Waals surface area contributed by atoms with Crippen molar-refractivity contribution < 1.29 is 10.0 Å². The summed E-state index contributed by atoms with van der Waals surface area (Å²) in [6, 6.07) is 5.11. The topological polar surface area (TPSA) is 74.2 Å². The van der Waals surface area contributed by atoms with Gasteiger partial charge in [0.1, 0.15) is 0 Å². The number of hydroxylamine groups is 1. The van der Waals surface area contributed by atoms with Crippen molar-refractivity contribution in [1.29, 1.82) is 0 Å². The number of pyridine rings is 1. The monoisotopic (exact) mass is 307 g/mol. The number of hydrogen-bond acceptors (Lipinski definition) is 4. The summed E-state index contributed by atoms with van der Waals surface area (Å²) in [5.74, 6) is -0.0327. The number of anilines is 1. The zero-order chi connectivity index (χ0) is 15.4. The molecule has 1 heterocycles. The Morgan fingerprint density at radius 2 is 2.19 bits per heavy atom. The minimum absolute atomic E-state index is 0.214. The van der Waals surface area contributed by atoms with E-state index in [9.17, 15) is 4.79 Å². The van der Waals surface area contributed by atoms with Crippen LogP contribution in [-0.4, -0.2) is 22.6 Å². The molecule has 0 fully saturated rings. The molecule has 0 atom stereocenters. The summed E-state index contributed by atoms with van der Waals surface area (Å²) in [4.78, 5) is 15.9. The summed E-state index contributed by atoms with van der Waals surface area (Å²) in [6.45, 7) is 5.16. The van der Waals surface area contributed by atoms with Gasteiger partial charge < -0.3 is 5.32 Å². The Bertz CT molecular complexity index is 659. The maximum absolute atomic E-state index is 11.6. The molecule has 0 radical (unpaired) electrons. The molecule has 1 aromatic carbocycles. The van der Waals surface area contributed by atoms with Crippen LogP contribution >= 0.6 is 11.6 Å². The van der Waals surface area contributed by atoms with Crippen LogP contribution in [0.25, 0.3) is 10.9 Å². The zero-order valence-electron chi connectivity index (χ0n) is 12.0. The number of nitrogens with one attached hydrogen (secondary N) is 2. The number of nitrogens with zero attached hydrogens (tertiary/aromatic N) is 1. The quantitative estimate of drug-likeness (QED) is 0.584. The number of benzene rings is 1. The Morgan fingerprint density at radius 3 is 2.86 bits per heavy atom. The first kappa shape index (κ1) is 15.5. The normalized spacial score (nSPS) is 10.9. The van der Waals surface area contributed by atoms with Gasteiger partial charge in [0.15, 0.2) is 0 Å². The second-order valence-electron chi connectivity index (χ2n) is 5.26. The number of carbonyl (C=O) groups excluding carboxylic acids is 1. The fraction of sp³-hybridized carbons (Fsp3) is 0.333. The van der Waals surface area contributed by atoms with Gasteiger partial charge in [-0.3, -0.25) is 15.0 Å². The second-order valence-corrected chi connectivity index (χ2v) is 5.67. The molecule has 1 amide bonds. The van der Waals surface area contributed by atoms with Crippen LogP contribution in [-0.2, 0) is 0 Å². The van der Waals surface area contributed by atoms with Gasteiger partial charge in [-0.1, -0.05) is 25.4 Å². The highest BCUT2D eigenvalue weighted by molar-refractivity contribution is 6.34. The molecule has 0 aliphatic rings. The summed E-state index contributed by atoms with van der Waals surface area (Å²) >= 11 is 6.04. The number of halogens is 1. The highest BCUT2D eigenvalue weighted by Gasteiger charge is 2.13. The number of hydrogen-bond donors (Lipinski definition) is 3. The van der Waals surface area contributed by atoms with Crippen LogP contribution in [0.4, 0.5) is 5.69 Å². The number of amides is 1. The van der Waals surface area contributed by atoms with E-state index in [0.29, 0.717) is 11.4 Å². The molecule has 2 rings (SSSR count). The van der Waals surface area contributed by atoms with Crippen molar-refractivity contribution in [2.24, 2.45) is 5.92 Å². The molecule has 2 aromatic rings. The zero-order valence-corrected chi connectivity index (χ0v) is 12.7. The van der Waals surface area contributed by atoms with Crippen molar-refractivity contribution in [2.45, 2.75) is 20.3 Å². The molecule has 0 saturated heterocycles. The molecule has 112 valence electrons. The van der Waals surface area contributed by atoms with E-state index in [1.807, 2.05) is 6.07 Å².